The lowest BCUT2D eigenvalue weighted by Crippen LogP contribution is -2.33. The first kappa shape index (κ1) is 23.7. The zero-order chi connectivity index (χ0) is 23.8. The Morgan fingerprint density at radius 2 is 1.81 bits per heavy atom. The van der Waals surface area contributed by atoms with Crippen molar-refractivity contribution in [2.24, 2.45) is 11.0 Å². The molecular formula is C22H23F2N3O4S. The number of hydrogen-bond donors (Lipinski definition) is 0. The third-order valence-electron chi connectivity index (χ3n) is 5.11. The Labute approximate surface area is 185 Å². The molecule has 0 fully saturated rings. The maximum Gasteiger partial charge on any atom is 0.270 e. The van der Waals surface area contributed by atoms with Crippen LogP contribution in [0, 0.1) is 5.92 Å². The number of hydrogen-bond acceptors (Lipinski definition) is 5. The summed E-state index contributed by atoms with van der Waals surface area (Å²) >= 11 is 0. The standard InChI is InChI=1S/C22H23F2N3O4S/c1-14-20(19(28)12-15-7-5-8-16(11-15)22(2,23)24)21(29)27(25-14)17-9-6-10-18(13-17)32(30,31)26(3)4/h5-11,13,20H,12H2,1-4H3. The quantitative estimate of drug-likeness (QED) is 0.590. The van der Waals surface area contributed by atoms with E-state index in [9.17, 15) is 26.8 Å². The van der Waals surface area contributed by atoms with Gasteiger partial charge in [-0.05, 0) is 36.8 Å². The topological polar surface area (TPSA) is 87.1 Å². The molecule has 1 atom stereocenters. The van der Waals surface area contributed by atoms with Crippen molar-refractivity contribution in [2.75, 3.05) is 19.1 Å². The van der Waals surface area contributed by atoms with Crippen LogP contribution < -0.4 is 5.01 Å². The lowest BCUT2D eigenvalue weighted by Gasteiger charge is -2.17. The molecule has 1 unspecified atom stereocenters. The monoisotopic (exact) mass is 463 g/mol. The molecule has 1 aliphatic heterocycles. The smallest absolute Gasteiger partial charge is 0.270 e. The highest BCUT2D eigenvalue weighted by Gasteiger charge is 2.39. The van der Waals surface area contributed by atoms with Crippen LogP contribution >= 0.6 is 0 Å². The van der Waals surface area contributed by atoms with Crippen LogP contribution in [0.4, 0.5) is 14.5 Å². The number of Topliss-reactive ketones (excluding diaryl/α,β-unsaturated/α-hetero) is 1. The third-order valence-corrected chi connectivity index (χ3v) is 6.92. The maximum absolute atomic E-state index is 13.6. The van der Waals surface area contributed by atoms with Gasteiger partial charge in [0.1, 0.15) is 5.92 Å². The fraction of sp³-hybridized carbons (Fsp3) is 0.318. The van der Waals surface area contributed by atoms with E-state index < -0.39 is 33.6 Å². The molecule has 0 saturated heterocycles. The SMILES string of the molecule is CC1=NN(c2cccc(S(=O)(=O)N(C)C)c2)C(=O)C1C(=O)Cc1cccc(C(C)(F)F)c1. The molecule has 0 spiro atoms. The third kappa shape index (κ3) is 4.61. The van der Waals surface area contributed by atoms with E-state index in [1.165, 1.54) is 63.5 Å². The van der Waals surface area contributed by atoms with E-state index in [2.05, 4.69) is 5.10 Å². The lowest BCUT2D eigenvalue weighted by molar-refractivity contribution is -0.128. The first-order valence-electron chi connectivity index (χ1n) is 9.74. The zero-order valence-corrected chi connectivity index (χ0v) is 18.9. The second kappa shape index (κ2) is 8.51. The number of benzene rings is 2. The number of carbonyl (C=O) groups excluding carboxylic acids is 2. The number of nitrogens with zero attached hydrogens (tertiary/aromatic N) is 3. The molecular weight excluding hydrogens is 440 g/mol. The first-order chi connectivity index (χ1) is 14.8. The van der Waals surface area contributed by atoms with Crippen molar-refractivity contribution in [2.45, 2.75) is 31.1 Å². The van der Waals surface area contributed by atoms with Crippen molar-refractivity contribution in [3.8, 4) is 0 Å². The minimum Gasteiger partial charge on any atom is -0.298 e. The summed E-state index contributed by atoms with van der Waals surface area (Å²) in [6.45, 7) is 2.30. The van der Waals surface area contributed by atoms with Gasteiger partial charge in [-0.25, -0.2) is 21.5 Å². The molecule has 2 aromatic carbocycles. The van der Waals surface area contributed by atoms with Gasteiger partial charge in [-0.1, -0.05) is 24.3 Å². The van der Waals surface area contributed by atoms with Crippen LogP contribution in [0.25, 0.3) is 0 Å². The number of sulfonamides is 1. The van der Waals surface area contributed by atoms with Gasteiger partial charge in [0.05, 0.1) is 16.3 Å². The second-order valence-electron chi connectivity index (χ2n) is 7.84. The van der Waals surface area contributed by atoms with E-state index in [1.54, 1.807) is 6.07 Å². The average molecular weight is 464 g/mol. The van der Waals surface area contributed by atoms with Crippen molar-refractivity contribution in [1.29, 1.82) is 0 Å². The number of alkyl halides is 2. The summed E-state index contributed by atoms with van der Waals surface area (Å²) in [5, 5.41) is 5.16. The summed E-state index contributed by atoms with van der Waals surface area (Å²) in [6, 6.07) is 11.2. The molecule has 10 heteroatoms. The Morgan fingerprint density at radius 3 is 2.44 bits per heavy atom. The van der Waals surface area contributed by atoms with E-state index in [0.717, 1.165) is 16.2 Å². The highest BCUT2D eigenvalue weighted by Crippen LogP contribution is 2.30. The molecule has 0 aliphatic carbocycles. The van der Waals surface area contributed by atoms with E-state index in [0.29, 0.717) is 5.56 Å². The largest absolute Gasteiger partial charge is 0.298 e. The van der Waals surface area contributed by atoms with Crippen LogP contribution in [0.5, 0.6) is 0 Å². The van der Waals surface area contributed by atoms with Gasteiger partial charge in [0.25, 0.3) is 11.8 Å². The van der Waals surface area contributed by atoms with Crippen LogP contribution in [0.3, 0.4) is 0 Å². The highest BCUT2D eigenvalue weighted by molar-refractivity contribution is 7.89. The van der Waals surface area contributed by atoms with E-state index in [-0.39, 0.29) is 28.3 Å². The van der Waals surface area contributed by atoms with Crippen LogP contribution in [-0.2, 0) is 32.0 Å². The summed E-state index contributed by atoms with van der Waals surface area (Å²) in [5.41, 5.74) is 0.608. The van der Waals surface area contributed by atoms with Crippen LogP contribution in [0.2, 0.25) is 0 Å². The fourth-order valence-corrected chi connectivity index (χ4v) is 4.31. The number of anilines is 1. The summed E-state index contributed by atoms with van der Waals surface area (Å²) in [7, 11) is -0.943. The van der Waals surface area contributed by atoms with Gasteiger partial charge in [0.2, 0.25) is 10.0 Å². The fourth-order valence-electron chi connectivity index (χ4n) is 3.37. The van der Waals surface area contributed by atoms with Gasteiger partial charge in [-0.15, -0.1) is 0 Å². The van der Waals surface area contributed by atoms with E-state index in [4.69, 9.17) is 0 Å². The van der Waals surface area contributed by atoms with Crippen molar-refractivity contribution in [3.63, 3.8) is 0 Å². The number of ketones is 1. The van der Waals surface area contributed by atoms with Gasteiger partial charge in [-0.3, -0.25) is 9.59 Å². The summed E-state index contributed by atoms with van der Waals surface area (Å²) < 4.78 is 53.0. The molecule has 0 saturated carbocycles. The molecule has 1 heterocycles. The Kier molecular flexibility index (Phi) is 6.30. The lowest BCUT2D eigenvalue weighted by atomic mass is 9.93. The van der Waals surface area contributed by atoms with Crippen molar-refractivity contribution in [1.82, 2.24) is 4.31 Å². The van der Waals surface area contributed by atoms with Crippen molar-refractivity contribution < 1.29 is 26.8 Å². The van der Waals surface area contributed by atoms with E-state index in [1.807, 2.05) is 0 Å². The minimum absolute atomic E-state index is 0.0206. The number of rotatable bonds is 7. The second-order valence-corrected chi connectivity index (χ2v) is 9.99. The Morgan fingerprint density at radius 1 is 1.16 bits per heavy atom. The summed E-state index contributed by atoms with van der Waals surface area (Å²) in [5.74, 6) is -5.32. The first-order valence-corrected chi connectivity index (χ1v) is 11.2. The van der Waals surface area contributed by atoms with E-state index >= 15 is 0 Å². The van der Waals surface area contributed by atoms with Crippen molar-refractivity contribution in [3.05, 3.63) is 59.7 Å². The molecule has 7 nitrogen and oxygen atoms in total. The predicted molar refractivity (Wildman–Crippen MR) is 116 cm³/mol. The number of amides is 1. The van der Waals surface area contributed by atoms with Gasteiger partial charge in [0.15, 0.2) is 5.78 Å². The van der Waals surface area contributed by atoms with Gasteiger partial charge in [-0.2, -0.15) is 10.1 Å². The number of hydrazone groups is 1. The number of halogens is 2. The summed E-state index contributed by atoms with van der Waals surface area (Å²) in [4.78, 5) is 25.8. The molecule has 32 heavy (non-hydrogen) atoms. The van der Waals surface area contributed by atoms with Crippen molar-refractivity contribution >= 4 is 33.1 Å². The molecule has 2 aromatic rings. The highest BCUT2D eigenvalue weighted by atomic mass is 32.2. The molecule has 1 amide bonds. The molecule has 0 N–H and O–H groups in total. The molecule has 0 aromatic heterocycles. The Balaban J connectivity index is 1.84. The van der Waals surface area contributed by atoms with Crippen LogP contribution in [0.1, 0.15) is 25.0 Å². The normalized spacial score (nSPS) is 17.1. The zero-order valence-electron chi connectivity index (χ0n) is 18.0. The Hall–Kier alpha value is -2.98. The minimum atomic E-state index is -3.73. The predicted octanol–water partition coefficient (Wildman–Crippen LogP) is 3.20. The van der Waals surface area contributed by atoms with Gasteiger partial charge in [0, 0.05) is 33.0 Å². The average Bonchev–Trinajstić information content (AvgIpc) is 3.01. The maximum atomic E-state index is 13.6. The number of carbonyl (C=O) groups is 2. The van der Waals surface area contributed by atoms with Crippen LogP contribution in [0.15, 0.2) is 58.5 Å². The van der Waals surface area contributed by atoms with Gasteiger partial charge < -0.3 is 0 Å². The molecule has 1 aliphatic rings. The molecule has 3 rings (SSSR count). The molecule has 0 radical (unpaired) electrons. The van der Waals surface area contributed by atoms with Gasteiger partial charge >= 0.3 is 0 Å². The Bertz CT molecular complexity index is 1200. The molecule has 170 valence electrons. The summed E-state index contributed by atoms with van der Waals surface area (Å²) in [6.07, 6.45) is -0.212. The molecule has 0 bridgehead atoms. The van der Waals surface area contributed by atoms with Crippen LogP contribution in [-0.4, -0.2) is 44.2 Å².